The van der Waals surface area contributed by atoms with Crippen molar-refractivity contribution < 1.29 is 9.90 Å². The average Bonchev–Trinajstić information content (AvgIpc) is 2.28. The topological polar surface area (TPSA) is 37.3 Å². The van der Waals surface area contributed by atoms with Crippen molar-refractivity contribution in [2.24, 2.45) is 0 Å². The van der Waals surface area contributed by atoms with E-state index in [0.717, 1.165) is 22.9 Å². The smallest absolute Gasteiger partial charge is 0.303 e. The lowest BCUT2D eigenvalue weighted by atomic mass is 10.1. The summed E-state index contributed by atoms with van der Waals surface area (Å²) in [5, 5.41) is 9.53. The van der Waals surface area contributed by atoms with Crippen LogP contribution in [0.3, 0.4) is 0 Å². The maximum Gasteiger partial charge on any atom is 0.303 e. The van der Waals surface area contributed by atoms with Crippen molar-refractivity contribution in [2.75, 3.05) is 5.33 Å². The van der Waals surface area contributed by atoms with Crippen LogP contribution in [0.15, 0.2) is 30.3 Å². The minimum absolute atomic E-state index is 0.193. The van der Waals surface area contributed by atoms with E-state index < -0.39 is 5.97 Å². The van der Waals surface area contributed by atoms with Crippen LogP contribution in [0.1, 0.15) is 24.0 Å². The minimum Gasteiger partial charge on any atom is -0.481 e. The quantitative estimate of drug-likeness (QED) is 0.811. The molecule has 0 aromatic heterocycles. The van der Waals surface area contributed by atoms with E-state index in [1.54, 1.807) is 0 Å². The number of carboxylic acids is 1. The molecule has 1 aromatic carbocycles. The summed E-state index contributed by atoms with van der Waals surface area (Å²) in [5.41, 5.74) is 2.22. The van der Waals surface area contributed by atoms with Crippen LogP contribution in [0, 0.1) is 0 Å². The van der Waals surface area contributed by atoms with Crippen LogP contribution in [-0.4, -0.2) is 16.4 Å². The number of halogens is 1. The Kier molecular flexibility index (Phi) is 5.86. The van der Waals surface area contributed by atoms with Crippen LogP contribution >= 0.6 is 15.9 Å². The molecule has 0 amide bonds. The van der Waals surface area contributed by atoms with Crippen LogP contribution in [0.4, 0.5) is 0 Å². The third kappa shape index (κ3) is 5.12. The van der Waals surface area contributed by atoms with Gasteiger partial charge in [0.2, 0.25) is 0 Å². The number of aryl methyl sites for hydroxylation is 1. The molecule has 16 heavy (non-hydrogen) atoms. The lowest BCUT2D eigenvalue weighted by molar-refractivity contribution is -0.136. The molecule has 0 bridgehead atoms. The molecular formula is C13H15BrO2. The molecule has 1 aromatic rings. The molecule has 1 N–H and O–H groups in total. The predicted molar refractivity (Wildman–Crippen MR) is 69.8 cm³/mol. The molecule has 0 heterocycles. The highest BCUT2D eigenvalue weighted by atomic mass is 79.9. The number of aliphatic carboxylic acids is 1. The van der Waals surface area contributed by atoms with E-state index in [1.807, 2.05) is 24.3 Å². The lowest BCUT2D eigenvalue weighted by Crippen LogP contribution is -1.97. The summed E-state index contributed by atoms with van der Waals surface area (Å²) < 4.78 is 0. The molecule has 2 nitrogen and oxygen atoms in total. The summed E-state index contributed by atoms with van der Waals surface area (Å²) in [6.07, 6.45) is 5.99. The summed E-state index contributed by atoms with van der Waals surface area (Å²) in [7, 11) is 0. The first-order valence-electron chi connectivity index (χ1n) is 5.25. The maximum absolute atomic E-state index is 10.4. The Labute approximate surface area is 104 Å². The highest BCUT2D eigenvalue weighted by Crippen LogP contribution is 2.08. The van der Waals surface area contributed by atoms with Crippen molar-refractivity contribution in [1.29, 1.82) is 0 Å². The van der Waals surface area contributed by atoms with E-state index >= 15 is 0 Å². The molecule has 86 valence electrons. The van der Waals surface area contributed by atoms with Crippen LogP contribution < -0.4 is 0 Å². The number of carbonyl (C=O) groups is 1. The van der Waals surface area contributed by atoms with Crippen LogP contribution in [0.5, 0.6) is 0 Å². The molecular weight excluding hydrogens is 268 g/mol. The summed E-state index contributed by atoms with van der Waals surface area (Å²) >= 11 is 3.36. The first-order chi connectivity index (χ1) is 7.72. The van der Waals surface area contributed by atoms with Crippen molar-refractivity contribution in [2.45, 2.75) is 19.3 Å². The Morgan fingerprint density at radius 2 is 2.00 bits per heavy atom. The molecule has 0 radical (unpaired) electrons. The van der Waals surface area contributed by atoms with E-state index in [0.29, 0.717) is 6.42 Å². The molecule has 0 unspecified atom stereocenters. The van der Waals surface area contributed by atoms with E-state index in [2.05, 4.69) is 28.1 Å². The third-order valence-electron chi connectivity index (χ3n) is 2.19. The molecule has 0 atom stereocenters. The van der Waals surface area contributed by atoms with Gasteiger partial charge in [-0.2, -0.15) is 0 Å². The predicted octanol–water partition coefficient (Wildman–Crippen LogP) is 3.50. The molecule has 0 fully saturated rings. The monoisotopic (exact) mass is 282 g/mol. The summed E-state index contributed by atoms with van der Waals surface area (Å²) in [6, 6.07) is 8.00. The largest absolute Gasteiger partial charge is 0.481 e. The Hall–Kier alpha value is -1.09. The molecule has 0 aliphatic carbocycles. The van der Waals surface area contributed by atoms with Gasteiger partial charge in [0, 0.05) is 11.8 Å². The highest BCUT2D eigenvalue weighted by molar-refractivity contribution is 9.09. The number of alkyl halides is 1. The normalized spacial score (nSPS) is 10.8. The number of hydrogen-bond donors (Lipinski definition) is 1. The fourth-order valence-electron chi connectivity index (χ4n) is 1.33. The van der Waals surface area contributed by atoms with Crippen LogP contribution in [0.25, 0.3) is 6.08 Å². The molecule has 0 saturated carbocycles. The van der Waals surface area contributed by atoms with Crippen molar-refractivity contribution in [3.8, 4) is 0 Å². The van der Waals surface area contributed by atoms with Crippen LogP contribution in [-0.2, 0) is 11.2 Å². The zero-order chi connectivity index (χ0) is 11.8. The Balaban J connectivity index is 2.50. The molecule has 0 aliphatic rings. The van der Waals surface area contributed by atoms with E-state index in [-0.39, 0.29) is 6.42 Å². The van der Waals surface area contributed by atoms with Gasteiger partial charge < -0.3 is 5.11 Å². The summed E-state index contributed by atoms with van der Waals surface area (Å²) in [5.74, 6) is -0.749. The number of hydrogen-bond acceptors (Lipinski definition) is 1. The van der Waals surface area contributed by atoms with Crippen molar-refractivity contribution in [1.82, 2.24) is 0 Å². The Bertz CT molecular complexity index is 355. The number of benzene rings is 1. The van der Waals surface area contributed by atoms with Crippen molar-refractivity contribution in [3.63, 3.8) is 0 Å². The molecule has 0 saturated heterocycles. The van der Waals surface area contributed by atoms with Gasteiger partial charge in [-0.25, -0.2) is 0 Å². The van der Waals surface area contributed by atoms with E-state index in [9.17, 15) is 4.79 Å². The third-order valence-corrected chi connectivity index (χ3v) is 2.65. The lowest BCUT2D eigenvalue weighted by Gasteiger charge is -1.99. The standard InChI is InChI=1S/C13H15BrO2/c14-10-2-1-3-11-4-6-12(7-5-11)8-9-13(15)16/h1,3-7H,2,8-10H2,(H,15,16). The molecule has 0 spiro atoms. The second-order valence-electron chi connectivity index (χ2n) is 3.52. The molecule has 1 rings (SSSR count). The highest BCUT2D eigenvalue weighted by Gasteiger charge is 1.98. The fraction of sp³-hybridized carbons (Fsp3) is 0.308. The first kappa shape index (κ1) is 13.0. The average molecular weight is 283 g/mol. The van der Waals surface area contributed by atoms with Crippen molar-refractivity contribution >= 4 is 28.0 Å². The van der Waals surface area contributed by atoms with E-state index in [4.69, 9.17) is 5.11 Å². The molecule has 3 heteroatoms. The fourth-order valence-corrected chi connectivity index (χ4v) is 1.59. The van der Waals surface area contributed by atoms with Gasteiger partial charge in [-0.3, -0.25) is 4.79 Å². The molecule has 0 aliphatic heterocycles. The van der Waals surface area contributed by atoms with E-state index in [1.165, 1.54) is 0 Å². The van der Waals surface area contributed by atoms with Crippen LogP contribution in [0.2, 0.25) is 0 Å². The van der Waals surface area contributed by atoms with Gasteiger partial charge in [0.25, 0.3) is 0 Å². The number of carboxylic acid groups (broad SMARTS) is 1. The maximum atomic E-state index is 10.4. The second-order valence-corrected chi connectivity index (χ2v) is 4.31. The SMILES string of the molecule is O=C(O)CCc1ccc(C=CCCBr)cc1. The Morgan fingerprint density at radius 3 is 2.56 bits per heavy atom. The van der Waals surface area contributed by atoms with Gasteiger partial charge in [-0.15, -0.1) is 0 Å². The number of rotatable bonds is 6. The summed E-state index contributed by atoms with van der Waals surface area (Å²) in [4.78, 5) is 10.4. The zero-order valence-electron chi connectivity index (χ0n) is 9.03. The second kappa shape index (κ2) is 7.23. The number of allylic oxidation sites excluding steroid dienone is 1. The zero-order valence-corrected chi connectivity index (χ0v) is 10.6. The van der Waals surface area contributed by atoms with Gasteiger partial charge in [-0.1, -0.05) is 52.3 Å². The van der Waals surface area contributed by atoms with Crippen molar-refractivity contribution in [3.05, 3.63) is 41.5 Å². The minimum atomic E-state index is -0.749. The van der Waals surface area contributed by atoms with Gasteiger partial charge in [0.05, 0.1) is 0 Å². The van der Waals surface area contributed by atoms with Gasteiger partial charge in [0.1, 0.15) is 0 Å². The van der Waals surface area contributed by atoms with Gasteiger partial charge in [-0.05, 0) is 24.0 Å². The Morgan fingerprint density at radius 1 is 1.31 bits per heavy atom. The summed E-state index contributed by atoms with van der Waals surface area (Å²) in [6.45, 7) is 0. The van der Waals surface area contributed by atoms with Gasteiger partial charge >= 0.3 is 5.97 Å². The first-order valence-corrected chi connectivity index (χ1v) is 6.38. The van der Waals surface area contributed by atoms with Gasteiger partial charge in [0.15, 0.2) is 0 Å².